The van der Waals surface area contributed by atoms with E-state index in [-0.39, 0.29) is 5.92 Å². The van der Waals surface area contributed by atoms with Crippen LogP contribution in [0, 0.1) is 5.92 Å². The van der Waals surface area contributed by atoms with E-state index in [1.54, 1.807) is 0 Å². The second kappa shape index (κ2) is 10.1. The summed E-state index contributed by atoms with van der Waals surface area (Å²) in [7, 11) is 0. The lowest BCUT2D eigenvalue weighted by atomic mass is 10.0. The van der Waals surface area contributed by atoms with E-state index in [9.17, 15) is 19.2 Å². The molecule has 1 heterocycles. The number of amides is 3. The summed E-state index contributed by atoms with van der Waals surface area (Å²) < 4.78 is 0. The Morgan fingerprint density at radius 1 is 1.27 bits per heavy atom. The number of hydrogen-bond acceptors (Lipinski definition) is 6. The van der Waals surface area contributed by atoms with Crippen LogP contribution in [0.25, 0.3) is 0 Å². The minimum Gasteiger partial charge on any atom is -0.480 e. The van der Waals surface area contributed by atoms with Gasteiger partial charge in [0.15, 0.2) is 0 Å². The van der Waals surface area contributed by atoms with Crippen LogP contribution in [0.1, 0.15) is 33.1 Å². The first-order chi connectivity index (χ1) is 12.2. The summed E-state index contributed by atoms with van der Waals surface area (Å²) in [5.41, 5.74) is 5.49. The molecule has 0 spiro atoms. The SMILES string of the molecule is CC(C)CC(NC(=O)C(N)CO)C(=O)N1CCCC1C(=O)NCC(=O)O. The van der Waals surface area contributed by atoms with Gasteiger partial charge >= 0.3 is 5.97 Å². The number of hydrogen-bond donors (Lipinski definition) is 5. The average Bonchev–Trinajstić information content (AvgIpc) is 3.06. The van der Waals surface area contributed by atoms with Crippen LogP contribution in [-0.2, 0) is 19.2 Å². The summed E-state index contributed by atoms with van der Waals surface area (Å²) in [4.78, 5) is 49.0. The zero-order chi connectivity index (χ0) is 19.9. The second-order valence-corrected chi connectivity index (χ2v) is 6.78. The summed E-state index contributed by atoms with van der Waals surface area (Å²) in [6, 6.07) is -2.77. The Morgan fingerprint density at radius 3 is 2.46 bits per heavy atom. The van der Waals surface area contributed by atoms with Crippen molar-refractivity contribution < 1.29 is 29.4 Å². The summed E-state index contributed by atoms with van der Waals surface area (Å²) >= 11 is 0. The van der Waals surface area contributed by atoms with E-state index in [1.807, 2.05) is 13.8 Å². The van der Waals surface area contributed by atoms with E-state index < -0.39 is 55.0 Å². The van der Waals surface area contributed by atoms with Gasteiger partial charge in [-0.1, -0.05) is 13.8 Å². The molecule has 0 aromatic rings. The predicted octanol–water partition coefficient (Wildman–Crippen LogP) is -1.97. The first kappa shape index (κ1) is 21.8. The molecule has 1 fully saturated rings. The van der Waals surface area contributed by atoms with Crippen molar-refractivity contribution in [3.63, 3.8) is 0 Å². The molecule has 1 aliphatic heterocycles. The van der Waals surface area contributed by atoms with Gasteiger partial charge in [0.25, 0.3) is 0 Å². The Balaban J connectivity index is 2.85. The first-order valence-electron chi connectivity index (χ1n) is 8.64. The minimum atomic E-state index is -1.17. The number of aliphatic hydroxyl groups is 1. The Labute approximate surface area is 152 Å². The number of nitrogens with two attached hydrogens (primary N) is 1. The fourth-order valence-corrected chi connectivity index (χ4v) is 2.84. The van der Waals surface area contributed by atoms with Crippen LogP contribution in [0.4, 0.5) is 0 Å². The maximum atomic E-state index is 12.9. The lowest BCUT2D eigenvalue weighted by Gasteiger charge is -2.29. The number of carbonyl (C=O) groups excluding carboxylic acids is 3. The molecule has 0 bridgehead atoms. The highest BCUT2D eigenvalue weighted by molar-refractivity contribution is 5.94. The number of nitrogens with zero attached hydrogens (tertiary/aromatic N) is 1. The molecule has 0 saturated carbocycles. The minimum absolute atomic E-state index is 0.0940. The molecule has 6 N–H and O–H groups in total. The van der Waals surface area contributed by atoms with Gasteiger partial charge < -0.3 is 31.5 Å². The number of aliphatic carboxylic acids is 1. The van der Waals surface area contributed by atoms with Crippen LogP contribution in [0.2, 0.25) is 0 Å². The smallest absolute Gasteiger partial charge is 0.322 e. The van der Waals surface area contributed by atoms with Crippen molar-refractivity contribution in [3.8, 4) is 0 Å². The normalized spacial score (nSPS) is 19.1. The zero-order valence-electron chi connectivity index (χ0n) is 15.1. The summed E-state index contributed by atoms with van der Waals surface area (Å²) in [5.74, 6) is -2.66. The topological polar surface area (TPSA) is 162 Å². The van der Waals surface area contributed by atoms with Gasteiger partial charge in [-0.15, -0.1) is 0 Å². The zero-order valence-corrected chi connectivity index (χ0v) is 15.1. The monoisotopic (exact) mass is 372 g/mol. The molecule has 10 nitrogen and oxygen atoms in total. The highest BCUT2D eigenvalue weighted by Crippen LogP contribution is 2.20. The van der Waals surface area contributed by atoms with Gasteiger partial charge in [-0.25, -0.2) is 0 Å². The first-order valence-corrected chi connectivity index (χ1v) is 8.64. The van der Waals surface area contributed by atoms with E-state index in [0.29, 0.717) is 25.8 Å². The third-order valence-corrected chi connectivity index (χ3v) is 4.11. The molecule has 1 rings (SSSR count). The van der Waals surface area contributed by atoms with E-state index in [2.05, 4.69) is 10.6 Å². The van der Waals surface area contributed by atoms with Gasteiger partial charge in [-0.3, -0.25) is 19.2 Å². The van der Waals surface area contributed by atoms with Crippen LogP contribution >= 0.6 is 0 Å². The van der Waals surface area contributed by atoms with E-state index >= 15 is 0 Å². The van der Waals surface area contributed by atoms with Crippen molar-refractivity contribution in [1.82, 2.24) is 15.5 Å². The largest absolute Gasteiger partial charge is 0.480 e. The van der Waals surface area contributed by atoms with Crippen molar-refractivity contribution in [2.75, 3.05) is 19.7 Å². The molecular formula is C16H28N4O6. The second-order valence-electron chi connectivity index (χ2n) is 6.78. The van der Waals surface area contributed by atoms with Gasteiger partial charge in [0.1, 0.15) is 24.7 Å². The van der Waals surface area contributed by atoms with Gasteiger partial charge in [0.05, 0.1) is 6.61 Å². The molecule has 0 aromatic carbocycles. The molecule has 3 unspecified atom stereocenters. The molecular weight excluding hydrogens is 344 g/mol. The third kappa shape index (κ3) is 6.26. The highest BCUT2D eigenvalue weighted by Gasteiger charge is 2.38. The standard InChI is InChI=1S/C16H28N4O6/c1-9(2)6-11(19-14(24)10(17)8-21)16(26)20-5-3-4-12(20)15(25)18-7-13(22)23/h9-12,21H,3-8,17H2,1-2H3,(H,18,25)(H,19,24)(H,22,23). The Bertz CT molecular complexity index is 539. The number of likely N-dealkylation sites (tertiary alicyclic amines) is 1. The lowest BCUT2D eigenvalue weighted by Crippen LogP contribution is -2.56. The molecule has 1 saturated heterocycles. The fourth-order valence-electron chi connectivity index (χ4n) is 2.84. The predicted molar refractivity (Wildman–Crippen MR) is 91.8 cm³/mol. The quantitative estimate of drug-likeness (QED) is 0.313. The summed E-state index contributed by atoms with van der Waals surface area (Å²) in [5, 5.41) is 22.5. The summed E-state index contributed by atoms with van der Waals surface area (Å²) in [6.07, 6.45) is 1.38. The number of carboxylic acid groups (broad SMARTS) is 1. The van der Waals surface area contributed by atoms with E-state index in [1.165, 1.54) is 4.90 Å². The van der Waals surface area contributed by atoms with Crippen LogP contribution < -0.4 is 16.4 Å². The molecule has 3 atom stereocenters. The van der Waals surface area contributed by atoms with Gasteiger partial charge in [-0.2, -0.15) is 0 Å². The number of carboxylic acids is 1. The highest BCUT2D eigenvalue weighted by atomic mass is 16.4. The number of carbonyl (C=O) groups is 4. The Hall–Kier alpha value is -2.20. The van der Waals surface area contributed by atoms with Crippen molar-refractivity contribution >= 4 is 23.7 Å². The van der Waals surface area contributed by atoms with Gasteiger partial charge in [0.2, 0.25) is 17.7 Å². The third-order valence-electron chi connectivity index (χ3n) is 4.11. The van der Waals surface area contributed by atoms with Crippen molar-refractivity contribution in [2.45, 2.75) is 51.2 Å². The molecule has 10 heteroatoms. The maximum Gasteiger partial charge on any atom is 0.322 e. The number of rotatable bonds is 9. The molecule has 1 aliphatic rings. The van der Waals surface area contributed by atoms with Crippen LogP contribution in [0.15, 0.2) is 0 Å². The molecule has 3 amide bonds. The molecule has 148 valence electrons. The molecule has 0 aromatic heterocycles. The molecule has 0 aliphatic carbocycles. The van der Waals surface area contributed by atoms with Gasteiger partial charge in [0, 0.05) is 6.54 Å². The Morgan fingerprint density at radius 2 is 1.92 bits per heavy atom. The molecule has 26 heavy (non-hydrogen) atoms. The summed E-state index contributed by atoms with van der Waals surface area (Å²) in [6.45, 7) is 3.06. The average molecular weight is 372 g/mol. The van der Waals surface area contributed by atoms with Crippen LogP contribution in [-0.4, -0.2) is 76.6 Å². The maximum absolute atomic E-state index is 12.9. The number of nitrogens with one attached hydrogen (secondary N) is 2. The van der Waals surface area contributed by atoms with Crippen molar-refractivity contribution in [3.05, 3.63) is 0 Å². The number of aliphatic hydroxyl groups excluding tert-OH is 1. The van der Waals surface area contributed by atoms with Crippen LogP contribution in [0.5, 0.6) is 0 Å². The molecule has 0 radical (unpaired) electrons. The Kier molecular flexibility index (Phi) is 8.46. The van der Waals surface area contributed by atoms with Crippen molar-refractivity contribution in [1.29, 1.82) is 0 Å². The van der Waals surface area contributed by atoms with Crippen LogP contribution in [0.3, 0.4) is 0 Å². The van der Waals surface area contributed by atoms with Crippen molar-refractivity contribution in [2.24, 2.45) is 11.7 Å². The van der Waals surface area contributed by atoms with E-state index in [4.69, 9.17) is 15.9 Å². The lowest BCUT2D eigenvalue weighted by molar-refractivity contribution is -0.143. The van der Waals surface area contributed by atoms with Gasteiger partial charge in [-0.05, 0) is 25.2 Å². The van der Waals surface area contributed by atoms with E-state index in [0.717, 1.165) is 0 Å². The fraction of sp³-hybridized carbons (Fsp3) is 0.750.